The van der Waals surface area contributed by atoms with Gasteiger partial charge in [-0.1, -0.05) is 206 Å². The largest absolute Gasteiger partial charge is 0.392 e. The minimum absolute atomic E-state index is 0.0776. The lowest BCUT2D eigenvalue weighted by Gasteiger charge is -2.33. The molecule has 0 saturated heterocycles. The molecule has 8 aromatic rings. The van der Waals surface area contributed by atoms with Crippen LogP contribution in [0.3, 0.4) is 0 Å². The van der Waals surface area contributed by atoms with E-state index in [9.17, 15) is 5.11 Å². The Morgan fingerprint density at radius 3 is 1.58 bits per heavy atom. The van der Waals surface area contributed by atoms with E-state index < -0.39 is 10.8 Å². The van der Waals surface area contributed by atoms with E-state index in [1.54, 1.807) is 7.11 Å². The molecule has 8 aromatic carbocycles. The third-order valence-corrected chi connectivity index (χ3v) is 12.7. The Bertz CT molecular complexity index is 2970. The molecule has 0 bridgehead atoms. The second-order valence-electron chi connectivity index (χ2n) is 16.0. The maximum absolute atomic E-state index is 10.7. The van der Waals surface area contributed by atoms with E-state index in [1.165, 1.54) is 11.1 Å². The molecule has 3 unspecified atom stereocenters. The Morgan fingerprint density at radius 2 is 0.984 bits per heavy atom. The van der Waals surface area contributed by atoms with Gasteiger partial charge < -0.3 is 9.84 Å². The fourth-order valence-corrected chi connectivity index (χ4v) is 9.68. The van der Waals surface area contributed by atoms with Crippen LogP contribution in [0.15, 0.2) is 206 Å². The van der Waals surface area contributed by atoms with Crippen LogP contribution in [0.5, 0.6) is 0 Å². The molecule has 0 fully saturated rings. The van der Waals surface area contributed by atoms with Crippen LogP contribution in [0, 0.1) is 23.7 Å². The average molecular weight is 797 g/mol. The molecule has 296 valence electrons. The number of benzene rings is 8. The lowest BCUT2D eigenvalue weighted by molar-refractivity contribution is 0.104. The molecule has 3 atom stereocenters. The van der Waals surface area contributed by atoms with Gasteiger partial charge in [-0.15, -0.1) is 0 Å². The molecule has 0 amide bonds. The molecule has 0 radical (unpaired) electrons. The van der Waals surface area contributed by atoms with Gasteiger partial charge in [0.2, 0.25) is 0 Å². The predicted octanol–water partition coefficient (Wildman–Crippen LogP) is 12.2. The van der Waals surface area contributed by atoms with Gasteiger partial charge in [0.05, 0.1) is 12.7 Å². The monoisotopic (exact) mass is 796 g/mol. The van der Waals surface area contributed by atoms with E-state index in [4.69, 9.17) is 4.74 Å². The number of aliphatic hydroxyl groups excluding tert-OH is 1. The third kappa shape index (κ3) is 6.68. The molecule has 2 aliphatic carbocycles. The lowest BCUT2D eigenvalue weighted by Crippen LogP contribution is -2.29. The lowest BCUT2D eigenvalue weighted by atomic mass is 9.67. The second kappa shape index (κ2) is 16.5. The molecule has 1 N–H and O–H groups in total. The van der Waals surface area contributed by atoms with Crippen molar-refractivity contribution >= 4 is 11.6 Å². The van der Waals surface area contributed by atoms with Gasteiger partial charge in [0, 0.05) is 24.7 Å². The third-order valence-electron chi connectivity index (χ3n) is 12.7. The first-order valence-corrected chi connectivity index (χ1v) is 21.2. The summed E-state index contributed by atoms with van der Waals surface area (Å²) in [6.07, 6.45) is 2.77. The van der Waals surface area contributed by atoms with Crippen LogP contribution >= 0.6 is 0 Å². The van der Waals surface area contributed by atoms with E-state index >= 15 is 0 Å². The van der Waals surface area contributed by atoms with Crippen LogP contribution in [0.1, 0.15) is 72.9 Å². The normalized spacial score (nSPS) is 18.4. The van der Waals surface area contributed by atoms with Gasteiger partial charge in [-0.2, -0.15) is 0 Å². The molecular formula is C60H44O2. The highest BCUT2D eigenvalue weighted by atomic mass is 16.5. The first kappa shape index (κ1) is 38.7. The van der Waals surface area contributed by atoms with Crippen LogP contribution in [0.2, 0.25) is 0 Å². The number of hydrogen-bond acceptors (Lipinski definition) is 2. The van der Waals surface area contributed by atoms with Crippen LogP contribution in [-0.4, -0.2) is 18.8 Å². The number of aliphatic hydroxyl groups is 1. The van der Waals surface area contributed by atoms with Gasteiger partial charge in [0.15, 0.2) is 0 Å². The van der Waals surface area contributed by atoms with Crippen molar-refractivity contribution in [2.24, 2.45) is 0 Å². The number of methoxy groups -OCH3 is 1. The summed E-state index contributed by atoms with van der Waals surface area (Å²) in [6, 6.07) is 72.6. The summed E-state index contributed by atoms with van der Waals surface area (Å²) in [7, 11) is 1.81. The molecule has 2 aliphatic rings. The molecule has 0 aromatic heterocycles. The minimum Gasteiger partial charge on any atom is -0.392 e. The van der Waals surface area contributed by atoms with Crippen molar-refractivity contribution < 1.29 is 9.84 Å². The summed E-state index contributed by atoms with van der Waals surface area (Å²) in [6.45, 7) is -0.0776. The van der Waals surface area contributed by atoms with Crippen molar-refractivity contribution in [1.82, 2.24) is 0 Å². The molecule has 10 rings (SSSR count). The molecule has 62 heavy (non-hydrogen) atoms. The summed E-state index contributed by atoms with van der Waals surface area (Å²) in [5.41, 5.74) is 14.4. The van der Waals surface area contributed by atoms with Crippen molar-refractivity contribution in [2.45, 2.75) is 23.4 Å². The highest BCUT2D eigenvalue weighted by Gasteiger charge is 2.43. The number of fused-ring (bicyclic) bond motifs is 4. The Labute approximate surface area is 364 Å². The van der Waals surface area contributed by atoms with Crippen molar-refractivity contribution in [3.63, 3.8) is 0 Å². The molecule has 0 saturated carbocycles. The van der Waals surface area contributed by atoms with Gasteiger partial charge in [-0.25, -0.2) is 0 Å². The van der Waals surface area contributed by atoms with Gasteiger partial charge in [0.1, 0.15) is 10.8 Å². The van der Waals surface area contributed by atoms with Crippen molar-refractivity contribution in [1.29, 1.82) is 0 Å². The first-order chi connectivity index (χ1) is 30.6. The smallest absolute Gasteiger partial charge is 0.108 e. The van der Waals surface area contributed by atoms with Crippen LogP contribution in [0.4, 0.5) is 0 Å². The Hall–Kier alpha value is -7.46. The van der Waals surface area contributed by atoms with Crippen LogP contribution in [0.25, 0.3) is 22.8 Å². The van der Waals surface area contributed by atoms with Crippen LogP contribution in [-0.2, 0) is 22.0 Å². The van der Waals surface area contributed by atoms with Gasteiger partial charge >= 0.3 is 0 Å². The number of hydrogen-bond donors (Lipinski definition) is 1. The fourth-order valence-electron chi connectivity index (χ4n) is 9.68. The summed E-state index contributed by atoms with van der Waals surface area (Å²) < 4.78 is 6.21. The van der Waals surface area contributed by atoms with Crippen LogP contribution < -0.4 is 0 Å². The summed E-state index contributed by atoms with van der Waals surface area (Å²) in [4.78, 5) is 0. The van der Waals surface area contributed by atoms with E-state index in [-0.39, 0.29) is 12.7 Å². The highest BCUT2D eigenvalue weighted by Crippen LogP contribution is 2.49. The van der Waals surface area contributed by atoms with E-state index in [0.29, 0.717) is 0 Å². The maximum Gasteiger partial charge on any atom is 0.108 e. The molecule has 0 aliphatic heterocycles. The first-order valence-electron chi connectivity index (χ1n) is 21.2. The number of rotatable bonds is 5. The topological polar surface area (TPSA) is 29.5 Å². The van der Waals surface area contributed by atoms with Crippen molar-refractivity contribution in [3.8, 4) is 34.8 Å². The molecular weight excluding hydrogens is 753 g/mol. The average Bonchev–Trinajstić information content (AvgIpc) is 3.55. The molecule has 0 spiro atoms. The van der Waals surface area contributed by atoms with E-state index in [1.807, 2.05) is 42.5 Å². The standard InChI is InChI=1S/C60H44O2/c1-62-58-41-48-21-9-13-25-55(48)60(57-27-15-11-23-53(57)58,39-37-44-18-6-3-7-19-44)51-34-30-46(31-35-51)45-28-32-50(33-29-45)59(38-36-43-16-4-2-5-17-43)54-24-12-8-20-47(54)40-49(42-61)52-22-10-14-26-56(52)59/h2-35,40,58,61H,41-42H2,1H3. The quantitative estimate of drug-likeness (QED) is 0.176. The molecule has 2 heteroatoms. The SMILES string of the molecule is COC1Cc2ccccc2C(C#Cc2ccccc2)(c2ccc(-c3ccc(C4(C#Cc5ccccc5)c5ccccc5C=C(CO)c5ccccc54)cc3)cc2)c2ccccc21. The summed E-state index contributed by atoms with van der Waals surface area (Å²) >= 11 is 0. The summed E-state index contributed by atoms with van der Waals surface area (Å²) in [5.74, 6) is 14.9. The Morgan fingerprint density at radius 1 is 0.500 bits per heavy atom. The second-order valence-corrected chi connectivity index (χ2v) is 16.0. The van der Waals surface area contributed by atoms with Gasteiger partial charge in [-0.3, -0.25) is 0 Å². The Balaban J connectivity index is 1.13. The minimum atomic E-state index is -0.830. The predicted molar refractivity (Wildman–Crippen MR) is 252 cm³/mol. The maximum atomic E-state index is 10.7. The Kier molecular flexibility index (Phi) is 10.3. The number of ether oxygens (including phenoxy) is 1. The summed E-state index contributed by atoms with van der Waals surface area (Å²) in [5, 5.41) is 10.7. The molecule has 2 nitrogen and oxygen atoms in total. The van der Waals surface area contributed by atoms with Gasteiger partial charge in [0.25, 0.3) is 0 Å². The van der Waals surface area contributed by atoms with Crippen molar-refractivity contribution in [3.05, 3.63) is 273 Å². The zero-order valence-electron chi connectivity index (χ0n) is 34.6. The van der Waals surface area contributed by atoms with E-state index in [0.717, 1.165) is 78.8 Å². The molecule has 0 heterocycles. The van der Waals surface area contributed by atoms with Crippen molar-refractivity contribution in [2.75, 3.05) is 13.7 Å². The van der Waals surface area contributed by atoms with E-state index in [2.05, 4.69) is 194 Å². The zero-order valence-corrected chi connectivity index (χ0v) is 34.6. The zero-order chi connectivity index (χ0) is 41.9. The highest BCUT2D eigenvalue weighted by molar-refractivity contribution is 5.89. The fraction of sp³-hybridized carbons (Fsp3) is 0.100. The van der Waals surface area contributed by atoms with Gasteiger partial charge in [-0.05, 0) is 103 Å².